The highest BCUT2D eigenvalue weighted by Gasteiger charge is 2.31. The van der Waals surface area contributed by atoms with Crippen LogP contribution in [0.1, 0.15) is 21.9 Å². The van der Waals surface area contributed by atoms with Gasteiger partial charge in [-0.3, -0.25) is 9.59 Å². The van der Waals surface area contributed by atoms with E-state index in [2.05, 4.69) is 19.8 Å². The molecule has 0 spiro atoms. The van der Waals surface area contributed by atoms with Gasteiger partial charge in [0, 0.05) is 58.9 Å². The lowest BCUT2D eigenvalue weighted by Gasteiger charge is -2.18. The van der Waals surface area contributed by atoms with Crippen LogP contribution in [0.25, 0.3) is 15.8 Å². The van der Waals surface area contributed by atoms with Crippen LogP contribution in [0.15, 0.2) is 60.9 Å². The Morgan fingerprint density at radius 3 is 2.71 bits per heavy atom. The van der Waals surface area contributed by atoms with Crippen LogP contribution in [0, 0.1) is 5.92 Å². The van der Waals surface area contributed by atoms with Crippen molar-refractivity contribution in [2.75, 3.05) is 32.1 Å². The van der Waals surface area contributed by atoms with Gasteiger partial charge in [0.25, 0.3) is 5.91 Å². The van der Waals surface area contributed by atoms with E-state index in [1.807, 2.05) is 68.8 Å². The second-order valence-electron chi connectivity index (χ2n) is 9.04. The topological polar surface area (TPSA) is 70.5 Å². The monoisotopic (exact) mass is 507 g/mol. The molecule has 0 saturated carbocycles. The number of rotatable bonds is 7. The fourth-order valence-corrected chi connectivity index (χ4v) is 5.63. The van der Waals surface area contributed by atoms with Crippen molar-refractivity contribution in [3.05, 3.63) is 76.6 Å². The van der Waals surface area contributed by atoms with Crippen molar-refractivity contribution in [3.63, 3.8) is 0 Å². The first kappa shape index (κ1) is 23.5. The summed E-state index contributed by atoms with van der Waals surface area (Å²) < 4.78 is 3.04. The van der Waals surface area contributed by atoms with E-state index in [0.717, 1.165) is 33.8 Å². The van der Waals surface area contributed by atoms with E-state index in [0.29, 0.717) is 29.4 Å². The quantitative estimate of drug-likeness (QED) is 0.397. The minimum Gasteiger partial charge on any atom is -0.351 e. The molecule has 1 saturated heterocycles. The van der Waals surface area contributed by atoms with Gasteiger partial charge < -0.3 is 19.7 Å². The number of carbonyl (C=O) groups is 2. The fourth-order valence-electron chi connectivity index (χ4n) is 4.37. The number of imidazole rings is 1. The molecule has 4 aromatic rings. The molecule has 3 heterocycles. The molecule has 0 aliphatic carbocycles. The SMILES string of the molecule is CN(C)Cc1nccn1-c1ccc(N2CC(CNC(=O)c3cc4ccc(Cl)cc4s3)CC2=O)cc1. The van der Waals surface area contributed by atoms with Crippen molar-refractivity contribution in [1.82, 2.24) is 19.8 Å². The van der Waals surface area contributed by atoms with Crippen LogP contribution in [0.3, 0.4) is 0 Å². The van der Waals surface area contributed by atoms with Crippen molar-refractivity contribution >= 4 is 50.5 Å². The molecule has 0 bridgehead atoms. The maximum absolute atomic E-state index is 12.7. The van der Waals surface area contributed by atoms with E-state index in [1.54, 1.807) is 11.1 Å². The lowest BCUT2D eigenvalue weighted by Crippen LogP contribution is -2.30. The van der Waals surface area contributed by atoms with Gasteiger partial charge in [-0.05, 0) is 61.9 Å². The van der Waals surface area contributed by atoms with Gasteiger partial charge >= 0.3 is 0 Å². The third kappa shape index (κ3) is 5.10. The van der Waals surface area contributed by atoms with Gasteiger partial charge in [0.15, 0.2) is 0 Å². The molecule has 0 radical (unpaired) electrons. The molecule has 7 nitrogen and oxygen atoms in total. The van der Waals surface area contributed by atoms with E-state index in [4.69, 9.17) is 11.6 Å². The summed E-state index contributed by atoms with van der Waals surface area (Å²) in [7, 11) is 4.02. The number of amides is 2. The number of hydrogen-bond donors (Lipinski definition) is 1. The summed E-state index contributed by atoms with van der Waals surface area (Å²) in [6.07, 6.45) is 4.15. The smallest absolute Gasteiger partial charge is 0.261 e. The van der Waals surface area contributed by atoms with Gasteiger partial charge in [0.05, 0.1) is 11.4 Å². The van der Waals surface area contributed by atoms with Gasteiger partial charge in [-0.25, -0.2) is 4.98 Å². The van der Waals surface area contributed by atoms with Crippen molar-refractivity contribution in [2.45, 2.75) is 13.0 Å². The Morgan fingerprint density at radius 2 is 1.94 bits per heavy atom. The molecule has 2 aromatic heterocycles. The Labute approximate surface area is 212 Å². The van der Waals surface area contributed by atoms with Crippen molar-refractivity contribution in [3.8, 4) is 5.69 Å². The molecular weight excluding hydrogens is 482 g/mol. The number of thiophene rings is 1. The highest BCUT2D eigenvalue weighted by molar-refractivity contribution is 7.20. The number of halogens is 1. The number of nitrogens with one attached hydrogen (secondary N) is 1. The number of anilines is 1. The second kappa shape index (κ2) is 9.81. The highest BCUT2D eigenvalue weighted by Crippen LogP contribution is 2.29. The summed E-state index contributed by atoms with van der Waals surface area (Å²) in [5, 5.41) is 4.66. The van der Waals surface area contributed by atoms with E-state index in [9.17, 15) is 9.59 Å². The van der Waals surface area contributed by atoms with Crippen LogP contribution in [0.2, 0.25) is 5.02 Å². The molecule has 2 amide bonds. The standard InChI is InChI=1S/C26H26ClN5O2S/c1-30(2)16-24-28-9-10-31(24)20-5-7-21(8-6-20)32-15-17(11-25(32)33)14-29-26(34)23-12-18-3-4-19(27)13-22(18)35-23/h3-10,12-13,17H,11,14-16H2,1-2H3,(H,29,34). The molecule has 1 atom stereocenters. The first-order valence-electron chi connectivity index (χ1n) is 11.4. The van der Waals surface area contributed by atoms with Crippen LogP contribution < -0.4 is 10.2 Å². The average molecular weight is 508 g/mol. The van der Waals surface area contributed by atoms with Crippen LogP contribution >= 0.6 is 22.9 Å². The minimum absolute atomic E-state index is 0.0651. The molecule has 9 heteroatoms. The van der Waals surface area contributed by atoms with Gasteiger partial charge in [-0.2, -0.15) is 0 Å². The molecule has 2 aromatic carbocycles. The molecule has 35 heavy (non-hydrogen) atoms. The molecule has 1 unspecified atom stereocenters. The predicted octanol–water partition coefficient (Wildman–Crippen LogP) is 4.58. The van der Waals surface area contributed by atoms with E-state index in [-0.39, 0.29) is 17.7 Å². The van der Waals surface area contributed by atoms with Crippen molar-refractivity contribution in [2.24, 2.45) is 5.92 Å². The van der Waals surface area contributed by atoms with Gasteiger partial charge in [0.2, 0.25) is 5.91 Å². The molecule has 5 rings (SSSR count). The third-order valence-electron chi connectivity index (χ3n) is 6.08. The zero-order valence-corrected chi connectivity index (χ0v) is 21.1. The zero-order chi connectivity index (χ0) is 24.5. The van der Waals surface area contributed by atoms with Crippen LogP contribution in [0.5, 0.6) is 0 Å². The van der Waals surface area contributed by atoms with Gasteiger partial charge in [-0.1, -0.05) is 17.7 Å². The minimum atomic E-state index is -0.119. The number of benzene rings is 2. The van der Waals surface area contributed by atoms with E-state index >= 15 is 0 Å². The third-order valence-corrected chi connectivity index (χ3v) is 7.41. The Kier molecular flexibility index (Phi) is 6.60. The Morgan fingerprint density at radius 1 is 1.17 bits per heavy atom. The first-order valence-corrected chi connectivity index (χ1v) is 12.6. The van der Waals surface area contributed by atoms with Crippen LogP contribution in [0.4, 0.5) is 5.69 Å². The fraction of sp³-hybridized carbons (Fsp3) is 0.269. The Hall–Kier alpha value is -3.20. The van der Waals surface area contributed by atoms with Gasteiger partial charge in [-0.15, -0.1) is 11.3 Å². The molecule has 180 valence electrons. The Bertz CT molecular complexity index is 1380. The summed E-state index contributed by atoms with van der Waals surface area (Å²) in [5.74, 6) is 0.976. The molecule has 1 aliphatic rings. The molecule has 1 fully saturated rings. The van der Waals surface area contributed by atoms with E-state index in [1.165, 1.54) is 11.3 Å². The highest BCUT2D eigenvalue weighted by atomic mass is 35.5. The summed E-state index contributed by atoms with van der Waals surface area (Å²) in [4.78, 5) is 34.4. The Balaban J connectivity index is 1.21. The van der Waals surface area contributed by atoms with Crippen LogP contribution in [-0.2, 0) is 11.3 Å². The lowest BCUT2D eigenvalue weighted by molar-refractivity contribution is -0.117. The predicted molar refractivity (Wildman–Crippen MR) is 141 cm³/mol. The van der Waals surface area contributed by atoms with Gasteiger partial charge in [0.1, 0.15) is 5.82 Å². The summed E-state index contributed by atoms with van der Waals surface area (Å²) in [6, 6.07) is 15.4. The number of carbonyl (C=O) groups excluding carboxylic acids is 2. The summed E-state index contributed by atoms with van der Waals surface area (Å²) in [5.41, 5.74) is 1.87. The summed E-state index contributed by atoms with van der Waals surface area (Å²) in [6.45, 7) is 1.77. The first-order chi connectivity index (χ1) is 16.9. The number of aromatic nitrogens is 2. The van der Waals surface area contributed by atoms with E-state index < -0.39 is 0 Å². The van der Waals surface area contributed by atoms with Crippen molar-refractivity contribution < 1.29 is 9.59 Å². The van der Waals surface area contributed by atoms with Crippen molar-refractivity contribution in [1.29, 1.82) is 0 Å². The molecule has 1 N–H and O–H groups in total. The maximum atomic E-state index is 12.7. The number of fused-ring (bicyclic) bond motifs is 1. The molecule has 1 aliphatic heterocycles. The zero-order valence-electron chi connectivity index (χ0n) is 19.6. The normalized spacial score (nSPS) is 15.9. The average Bonchev–Trinajstić information content (AvgIpc) is 3.55. The summed E-state index contributed by atoms with van der Waals surface area (Å²) >= 11 is 7.48. The largest absolute Gasteiger partial charge is 0.351 e. The van der Waals surface area contributed by atoms with Crippen LogP contribution in [-0.4, -0.2) is 53.5 Å². The number of nitrogens with zero attached hydrogens (tertiary/aromatic N) is 4. The molecular formula is C26H26ClN5O2S. The lowest BCUT2D eigenvalue weighted by atomic mass is 10.1. The second-order valence-corrected chi connectivity index (χ2v) is 10.6. The number of hydrogen-bond acceptors (Lipinski definition) is 5. The maximum Gasteiger partial charge on any atom is 0.261 e.